The Kier molecular flexibility index (Phi) is 4.64. The number of carbonyl (C=O) groups excluding carboxylic acids is 1. The lowest BCUT2D eigenvalue weighted by Gasteiger charge is -1.97. The van der Waals surface area contributed by atoms with Gasteiger partial charge in [0.05, 0.1) is 0 Å². The van der Waals surface area contributed by atoms with Crippen molar-refractivity contribution in [1.29, 1.82) is 5.26 Å². The second-order valence-corrected chi connectivity index (χ2v) is 3.75. The Balaban J connectivity index is 0.00000162. The van der Waals surface area contributed by atoms with Crippen molar-refractivity contribution in [2.45, 2.75) is 13.5 Å². The zero-order chi connectivity index (χ0) is 12.3. The third-order valence-corrected chi connectivity index (χ3v) is 2.52. The number of Topliss-reactive ketones (excluding diaryl/α,β-unsaturated/α-hetero) is 1. The lowest BCUT2D eigenvalue weighted by atomic mass is 10.1. The predicted molar refractivity (Wildman–Crippen MR) is 61.6 cm³/mol. The molecule has 92 valence electrons. The molecule has 0 radical (unpaired) electrons. The minimum absolute atomic E-state index is 0. The van der Waals surface area contributed by atoms with Crippen LogP contribution in [0, 0.1) is 11.3 Å². The fourth-order valence-electron chi connectivity index (χ4n) is 1.59. The van der Waals surface area contributed by atoms with Crippen LogP contribution in [0.3, 0.4) is 0 Å². The molecule has 0 saturated carbocycles. The van der Waals surface area contributed by atoms with E-state index in [0.717, 1.165) is 5.69 Å². The van der Waals surface area contributed by atoms with Gasteiger partial charge in [0.2, 0.25) is 6.33 Å². The van der Waals surface area contributed by atoms with Crippen molar-refractivity contribution in [2.24, 2.45) is 0 Å². The van der Waals surface area contributed by atoms with Crippen molar-refractivity contribution < 1.29 is 21.8 Å². The largest absolute Gasteiger partial charge is 1.00 e. The van der Waals surface area contributed by atoms with Gasteiger partial charge < -0.3 is 12.4 Å². The summed E-state index contributed by atoms with van der Waals surface area (Å²) in [5.74, 6) is 0.0589. The molecule has 0 atom stereocenters. The third kappa shape index (κ3) is 2.96. The highest BCUT2D eigenvalue weighted by molar-refractivity contribution is 5.94. The van der Waals surface area contributed by atoms with Crippen molar-refractivity contribution in [3.8, 4) is 11.8 Å². The maximum absolute atomic E-state index is 11.1. The summed E-state index contributed by atoms with van der Waals surface area (Å²) in [5.41, 5.74) is 1.66. The Morgan fingerprint density at radius 2 is 2.06 bits per heavy atom. The lowest BCUT2D eigenvalue weighted by molar-refractivity contribution is -0.684. The van der Waals surface area contributed by atoms with E-state index in [1.165, 1.54) is 0 Å². The highest BCUT2D eigenvalue weighted by Gasteiger charge is 2.06. The molecule has 1 heterocycles. The fraction of sp³-hybridized carbons (Fsp3) is 0.154. The van der Waals surface area contributed by atoms with Gasteiger partial charge in [-0.3, -0.25) is 4.79 Å². The van der Waals surface area contributed by atoms with Crippen molar-refractivity contribution in [3.05, 3.63) is 48.5 Å². The molecule has 1 aromatic heterocycles. The topological polar surface area (TPSA) is 49.7 Å². The monoisotopic (exact) mass is 261 g/mol. The number of nitrogens with zero attached hydrogens (tertiary/aromatic N) is 3. The SMILES string of the molecule is CC(=O)c1ccc(-n2cc[n+](CC#N)c2)cc1.[Cl-]. The molecule has 0 fully saturated rings. The van der Waals surface area contributed by atoms with Crippen molar-refractivity contribution in [3.63, 3.8) is 0 Å². The molecular formula is C13H12ClN3O. The van der Waals surface area contributed by atoms with Crippen LogP contribution in [0.15, 0.2) is 43.0 Å². The van der Waals surface area contributed by atoms with Crippen LogP contribution in [0.25, 0.3) is 5.69 Å². The summed E-state index contributed by atoms with van der Waals surface area (Å²) in [7, 11) is 0. The number of imidazole rings is 1. The van der Waals surface area contributed by atoms with Crippen LogP contribution in [-0.4, -0.2) is 10.4 Å². The number of aromatic nitrogens is 2. The van der Waals surface area contributed by atoms with Gasteiger partial charge in [-0.1, -0.05) is 0 Å². The molecule has 2 rings (SSSR count). The minimum Gasteiger partial charge on any atom is -1.00 e. The molecule has 0 aliphatic rings. The van der Waals surface area contributed by atoms with Crippen LogP contribution >= 0.6 is 0 Å². The first kappa shape index (κ1) is 13.9. The number of carbonyl (C=O) groups is 1. The van der Waals surface area contributed by atoms with E-state index in [2.05, 4.69) is 6.07 Å². The van der Waals surface area contributed by atoms with E-state index in [-0.39, 0.29) is 18.2 Å². The zero-order valence-corrected chi connectivity index (χ0v) is 10.6. The van der Waals surface area contributed by atoms with Crippen molar-refractivity contribution in [2.75, 3.05) is 0 Å². The highest BCUT2D eigenvalue weighted by atomic mass is 35.5. The Labute approximate surface area is 112 Å². The minimum atomic E-state index is 0. The van der Waals surface area contributed by atoms with E-state index in [9.17, 15) is 4.79 Å². The first-order valence-corrected chi connectivity index (χ1v) is 5.26. The second kappa shape index (κ2) is 5.99. The summed E-state index contributed by atoms with van der Waals surface area (Å²) in [5, 5.41) is 8.58. The fourth-order valence-corrected chi connectivity index (χ4v) is 1.59. The summed E-state index contributed by atoms with van der Waals surface area (Å²) in [6.07, 6.45) is 5.55. The van der Waals surface area contributed by atoms with Crippen LogP contribution in [-0.2, 0) is 6.54 Å². The van der Waals surface area contributed by atoms with Crippen LogP contribution in [0.5, 0.6) is 0 Å². The van der Waals surface area contributed by atoms with Gasteiger partial charge in [0.25, 0.3) is 0 Å². The number of hydrogen-bond acceptors (Lipinski definition) is 2. The van der Waals surface area contributed by atoms with Gasteiger partial charge >= 0.3 is 0 Å². The zero-order valence-electron chi connectivity index (χ0n) is 9.88. The molecule has 18 heavy (non-hydrogen) atoms. The molecule has 4 nitrogen and oxygen atoms in total. The number of ketones is 1. The molecule has 0 bridgehead atoms. The van der Waals surface area contributed by atoms with Crippen LogP contribution < -0.4 is 17.0 Å². The van der Waals surface area contributed by atoms with E-state index in [1.54, 1.807) is 23.6 Å². The van der Waals surface area contributed by atoms with Gasteiger partial charge in [-0.2, -0.15) is 5.26 Å². The molecule has 0 aliphatic heterocycles. The number of hydrogen-bond donors (Lipinski definition) is 0. The summed E-state index contributed by atoms with van der Waals surface area (Å²) < 4.78 is 3.69. The number of benzene rings is 1. The Morgan fingerprint density at radius 3 is 2.61 bits per heavy atom. The Morgan fingerprint density at radius 1 is 1.39 bits per heavy atom. The van der Waals surface area contributed by atoms with Crippen LogP contribution in [0.2, 0.25) is 0 Å². The van der Waals surface area contributed by atoms with Gasteiger partial charge in [-0.25, -0.2) is 9.13 Å². The summed E-state index contributed by atoms with van der Waals surface area (Å²) in [6.45, 7) is 1.88. The maximum atomic E-state index is 11.1. The molecule has 0 spiro atoms. The van der Waals surface area contributed by atoms with Gasteiger partial charge in [0.1, 0.15) is 24.2 Å². The first-order valence-electron chi connectivity index (χ1n) is 5.26. The number of nitriles is 1. The normalized spacial score (nSPS) is 9.33. The standard InChI is InChI=1S/C13H12N3O.ClH/c1-11(17)12-2-4-13(5-3-12)16-9-8-15(10-16)7-6-14;/h2-5,8-10H,7H2,1H3;1H/q+1;/p-1. The molecule has 2 aromatic rings. The van der Waals surface area contributed by atoms with Crippen LogP contribution in [0.4, 0.5) is 0 Å². The molecule has 0 aliphatic carbocycles. The van der Waals surface area contributed by atoms with Crippen molar-refractivity contribution >= 4 is 5.78 Å². The Bertz CT molecular complexity index is 581. The number of halogens is 1. The van der Waals surface area contributed by atoms with E-state index in [0.29, 0.717) is 12.1 Å². The van der Waals surface area contributed by atoms with E-state index in [1.807, 2.05) is 35.4 Å². The average molecular weight is 262 g/mol. The molecule has 0 saturated heterocycles. The lowest BCUT2D eigenvalue weighted by Crippen LogP contribution is -3.00. The molecular weight excluding hydrogens is 250 g/mol. The smallest absolute Gasteiger partial charge is 0.249 e. The van der Waals surface area contributed by atoms with Crippen molar-refractivity contribution in [1.82, 2.24) is 4.57 Å². The highest BCUT2D eigenvalue weighted by Crippen LogP contribution is 2.09. The van der Waals surface area contributed by atoms with Gasteiger partial charge in [-0.05, 0) is 31.2 Å². The molecule has 1 aromatic carbocycles. The molecule has 0 N–H and O–H groups in total. The average Bonchev–Trinajstić information content (AvgIpc) is 2.78. The van der Waals surface area contributed by atoms with Gasteiger partial charge in [0.15, 0.2) is 12.3 Å². The Hall–Kier alpha value is -2.12. The van der Waals surface area contributed by atoms with E-state index < -0.39 is 0 Å². The molecule has 0 unspecified atom stereocenters. The quantitative estimate of drug-likeness (QED) is 0.499. The molecule has 5 heteroatoms. The van der Waals surface area contributed by atoms with Gasteiger partial charge in [0, 0.05) is 5.56 Å². The summed E-state index contributed by atoms with van der Waals surface area (Å²) in [4.78, 5) is 11.1. The predicted octanol–water partition coefficient (Wildman–Crippen LogP) is -1.51. The van der Waals surface area contributed by atoms with Gasteiger partial charge in [-0.15, -0.1) is 0 Å². The first-order chi connectivity index (χ1) is 8.20. The summed E-state index contributed by atoms with van der Waals surface area (Å²) in [6, 6.07) is 9.44. The summed E-state index contributed by atoms with van der Waals surface area (Å²) >= 11 is 0. The molecule has 0 amide bonds. The number of rotatable bonds is 3. The van der Waals surface area contributed by atoms with E-state index in [4.69, 9.17) is 5.26 Å². The van der Waals surface area contributed by atoms with Crippen LogP contribution in [0.1, 0.15) is 17.3 Å². The third-order valence-electron chi connectivity index (χ3n) is 2.52. The maximum Gasteiger partial charge on any atom is 0.249 e. The van der Waals surface area contributed by atoms with E-state index >= 15 is 0 Å². The second-order valence-electron chi connectivity index (χ2n) is 3.75.